The van der Waals surface area contributed by atoms with Crippen molar-refractivity contribution in [3.63, 3.8) is 0 Å². The second kappa shape index (κ2) is 5.68. The van der Waals surface area contributed by atoms with Gasteiger partial charge in [0.2, 0.25) is 0 Å². The van der Waals surface area contributed by atoms with E-state index >= 15 is 0 Å². The number of hydrogen-bond donors (Lipinski definition) is 1. The fourth-order valence-corrected chi connectivity index (χ4v) is 3.27. The van der Waals surface area contributed by atoms with Gasteiger partial charge in [0.1, 0.15) is 11.0 Å². The topological polar surface area (TPSA) is 95.2 Å². The van der Waals surface area contributed by atoms with Gasteiger partial charge in [0.25, 0.3) is 5.16 Å². The van der Waals surface area contributed by atoms with Gasteiger partial charge < -0.3 is 5.73 Å². The van der Waals surface area contributed by atoms with E-state index in [4.69, 9.17) is 21.5 Å². The monoisotopic (exact) mass is 337 g/mol. The zero-order valence-electron chi connectivity index (χ0n) is 11.4. The van der Waals surface area contributed by atoms with Crippen molar-refractivity contribution >= 4 is 33.1 Å². The first-order valence-corrected chi connectivity index (χ1v) is 8.21. The van der Waals surface area contributed by atoms with Crippen LogP contribution in [-0.2, 0) is 20.7 Å². The van der Waals surface area contributed by atoms with Gasteiger partial charge in [0.05, 0.1) is 6.61 Å². The molecule has 0 saturated carbocycles. The number of anilines is 1. The van der Waals surface area contributed by atoms with E-state index < -0.39 is 15.3 Å². The predicted molar refractivity (Wildman–Crippen MR) is 82.7 cm³/mol. The van der Waals surface area contributed by atoms with E-state index in [1.54, 1.807) is 0 Å². The average molecular weight is 338 g/mol. The maximum Gasteiger partial charge on any atom is 0.333 e. The minimum absolute atomic E-state index is 0.0346. The summed E-state index contributed by atoms with van der Waals surface area (Å²) in [4.78, 5) is 7.28. The van der Waals surface area contributed by atoms with Crippen molar-refractivity contribution in [3.05, 3.63) is 52.7 Å². The molecule has 0 amide bonds. The SMILES string of the molecule is Nc1cc(Cl)nc(S(=O)(=O)OCC2=CCc3ccccc32)n1. The molecular weight excluding hydrogens is 326 g/mol. The Balaban J connectivity index is 1.79. The van der Waals surface area contributed by atoms with E-state index in [0.717, 1.165) is 23.1 Å². The molecule has 8 heteroatoms. The van der Waals surface area contributed by atoms with Crippen molar-refractivity contribution in [2.24, 2.45) is 0 Å². The van der Waals surface area contributed by atoms with Crippen LogP contribution in [0.2, 0.25) is 5.15 Å². The molecule has 2 N–H and O–H groups in total. The maximum atomic E-state index is 12.1. The second-order valence-electron chi connectivity index (χ2n) is 4.71. The molecule has 6 nitrogen and oxygen atoms in total. The molecule has 1 aromatic carbocycles. The molecule has 1 heterocycles. The minimum Gasteiger partial charge on any atom is -0.384 e. The number of nitrogens with zero attached hydrogens (tertiary/aromatic N) is 2. The summed E-state index contributed by atoms with van der Waals surface area (Å²) < 4.78 is 29.3. The van der Waals surface area contributed by atoms with Crippen molar-refractivity contribution in [3.8, 4) is 0 Å². The molecule has 1 aromatic heterocycles. The second-order valence-corrected chi connectivity index (χ2v) is 6.60. The van der Waals surface area contributed by atoms with Gasteiger partial charge in [-0.2, -0.15) is 13.4 Å². The highest BCUT2D eigenvalue weighted by Crippen LogP contribution is 2.28. The van der Waals surface area contributed by atoms with E-state index in [1.165, 1.54) is 6.07 Å². The maximum absolute atomic E-state index is 12.1. The summed E-state index contributed by atoms with van der Waals surface area (Å²) in [5.74, 6) is -0.0346. The Morgan fingerprint density at radius 1 is 1.27 bits per heavy atom. The van der Waals surface area contributed by atoms with E-state index in [9.17, 15) is 8.42 Å². The van der Waals surface area contributed by atoms with Crippen molar-refractivity contribution in [1.29, 1.82) is 0 Å². The first-order chi connectivity index (χ1) is 10.5. The Morgan fingerprint density at radius 2 is 2.05 bits per heavy atom. The molecule has 0 spiro atoms. The number of rotatable bonds is 4. The van der Waals surface area contributed by atoms with Crippen molar-refractivity contribution in [1.82, 2.24) is 9.97 Å². The molecule has 1 aliphatic carbocycles. The standard InChI is InChI=1S/C14H12ClN3O3S/c15-12-7-13(16)18-14(17-12)22(19,20)21-8-10-6-5-9-3-1-2-4-11(9)10/h1-4,6-7H,5,8H2,(H2,16,17,18). The Morgan fingerprint density at radius 3 is 2.82 bits per heavy atom. The molecule has 0 saturated heterocycles. The van der Waals surface area contributed by atoms with Crippen LogP contribution >= 0.6 is 11.6 Å². The van der Waals surface area contributed by atoms with E-state index in [0.29, 0.717) is 0 Å². The predicted octanol–water partition coefficient (Wildman–Crippen LogP) is 2.06. The lowest BCUT2D eigenvalue weighted by atomic mass is 10.1. The van der Waals surface area contributed by atoms with Crippen LogP contribution in [0.15, 0.2) is 41.6 Å². The fraction of sp³-hybridized carbons (Fsp3) is 0.143. The van der Waals surface area contributed by atoms with Gasteiger partial charge in [0.15, 0.2) is 0 Å². The van der Waals surface area contributed by atoms with Gasteiger partial charge in [-0.15, -0.1) is 0 Å². The molecule has 0 unspecified atom stereocenters. The highest BCUT2D eigenvalue weighted by atomic mass is 35.5. The summed E-state index contributed by atoms with van der Waals surface area (Å²) in [6, 6.07) is 9.02. The summed E-state index contributed by atoms with van der Waals surface area (Å²) >= 11 is 5.69. The third-order valence-corrected chi connectivity index (χ3v) is 4.47. The van der Waals surface area contributed by atoms with E-state index in [1.807, 2.05) is 30.3 Å². The van der Waals surface area contributed by atoms with Crippen molar-refractivity contribution < 1.29 is 12.6 Å². The smallest absolute Gasteiger partial charge is 0.333 e. The first-order valence-electron chi connectivity index (χ1n) is 6.42. The third-order valence-electron chi connectivity index (χ3n) is 3.22. The van der Waals surface area contributed by atoms with Gasteiger partial charge in [0, 0.05) is 6.07 Å². The number of aromatic nitrogens is 2. The summed E-state index contributed by atoms with van der Waals surface area (Å²) in [5.41, 5.74) is 8.42. The Kier molecular flexibility index (Phi) is 3.86. The van der Waals surface area contributed by atoms with Crippen LogP contribution in [-0.4, -0.2) is 25.0 Å². The van der Waals surface area contributed by atoms with Gasteiger partial charge in [-0.05, 0) is 23.1 Å². The van der Waals surface area contributed by atoms with Crippen molar-refractivity contribution in [2.45, 2.75) is 11.6 Å². The summed E-state index contributed by atoms with van der Waals surface area (Å²) in [6.45, 7) is -0.0882. The summed E-state index contributed by atoms with van der Waals surface area (Å²) in [5, 5.41) is -0.593. The highest BCUT2D eigenvalue weighted by molar-refractivity contribution is 7.86. The number of fused-ring (bicyclic) bond motifs is 1. The largest absolute Gasteiger partial charge is 0.384 e. The van der Waals surface area contributed by atoms with E-state index in [2.05, 4.69) is 9.97 Å². The third kappa shape index (κ3) is 2.96. The van der Waals surface area contributed by atoms with Crippen molar-refractivity contribution in [2.75, 3.05) is 12.3 Å². The molecule has 0 atom stereocenters. The molecule has 2 aromatic rings. The number of allylic oxidation sites excluding steroid dienone is 1. The average Bonchev–Trinajstić information content (AvgIpc) is 2.87. The number of nitrogens with two attached hydrogens (primary N) is 1. The lowest BCUT2D eigenvalue weighted by Gasteiger charge is -2.07. The Bertz CT molecular complexity index is 845. The Hall–Kier alpha value is -1.96. The zero-order valence-corrected chi connectivity index (χ0v) is 12.9. The van der Waals surface area contributed by atoms with Crippen LogP contribution in [0.25, 0.3) is 5.57 Å². The molecule has 0 fully saturated rings. The van der Waals surface area contributed by atoms with Gasteiger partial charge in [-0.25, -0.2) is 4.98 Å². The van der Waals surface area contributed by atoms with Crippen LogP contribution in [0, 0.1) is 0 Å². The lowest BCUT2D eigenvalue weighted by molar-refractivity contribution is 0.358. The van der Waals surface area contributed by atoms with Crippen LogP contribution in [0.1, 0.15) is 11.1 Å². The van der Waals surface area contributed by atoms with Crippen LogP contribution < -0.4 is 5.73 Å². The molecule has 0 aliphatic heterocycles. The molecule has 0 radical (unpaired) electrons. The highest BCUT2D eigenvalue weighted by Gasteiger charge is 2.23. The zero-order chi connectivity index (χ0) is 15.7. The fourth-order valence-electron chi connectivity index (χ4n) is 2.21. The van der Waals surface area contributed by atoms with Crippen LogP contribution in [0.4, 0.5) is 5.82 Å². The molecule has 3 rings (SSSR count). The van der Waals surface area contributed by atoms with Crippen LogP contribution in [0.5, 0.6) is 0 Å². The number of hydrogen-bond acceptors (Lipinski definition) is 6. The number of halogens is 1. The normalized spacial score (nSPS) is 13.8. The molecule has 0 bridgehead atoms. The Labute approximate surface area is 132 Å². The summed E-state index contributed by atoms with van der Waals surface area (Å²) in [6.07, 6.45) is 2.70. The van der Waals surface area contributed by atoms with Crippen LogP contribution in [0.3, 0.4) is 0 Å². The van der Waals surface area contributed by atoms with Gasteiger partial charge in [-0.1, -0.05) is 41.9 Å². The molecule has 114 valence electrons. The molecule has 22 heavy (non-hydrogen) atoms. The van der Waals surface area contributed by atoms with Gasteiger partial charge >= 0.3 is 10.1 Å². The van der Waals surface area contributed by atoms with E-state index in [-0.39, 0.29) is 17.6 Å². The molecular formula is C14H12ClN3O3S. The van der Waals surface area contributed by atoms with Gasteiger partial charge in [-0.3, -0.25) is 4.18 Å². The quantitative estimate of drug-likeness (QED) is 0.521. The number of benzene rings is 1. The first kappa shape index (κ1) is 15.0. The minimum atomic E-state index is -4.12. The number of nitrogen functional groups attached to an aromatic ring is 1. The molecule has 1 aliphatic rings. The lowest BCUT2D eigenvalue weighted by Crippen LogP contribution is -2.13. The summed E-state index contributed by atoms with van der Waals surface area (Å²) in [7, 11) is -4.12.